The van der Waals surface area contributed by atoms with Crippen LogP contribution in [0.1, 0.15) is 10.5 Å². The number of aromatic carboxylic acids is 1. The fourth-order valence-corrected chi connectivity index (χ4v) is 2.83. The number of nitrogens with zero attached hydrogens (tertiary/aromatic N) is 2. The van der Waals surface area contributed by atoms with Crippen molar-refractivity contribution in [3.05, 3.63) is 27.9 Å². The number of aromatic nitrogens is 2. The summed E-state index contributed by atoms with van der Waals surface area (Å²) < 4.78 is 2.65. The first-order valence-electron chi connectivity index (χ1n) is 4.08. The van der Waals surface area contributed by atoms with Crippen molar-refractivity contribution in [2.45, 2.75) is 0 Å². The maximum Gasteiger partial charge on any atom is 0.356 e. The summed E-state index contributed by atoms with van der Waals surface area (Å²) in [6, 6.07) is 1.88. The Hall–Kier alpha value is -1.14. The summed E-state index contributed by atoms with van der Waals surface area (Å²) in [6.45, 7) is 0. The van der Waals surface area contributed by atoms with Crippen LogP contribution < -0.4 is 0 Å². The van der Waals surface area contributed by atoms with Crippen LogP contribution in [0.2, 0.25) is 0 Å². The largest absolute Gasteiger partial charge is 0.476 e. The standard InChI is InChI=1S/C9H7BrN2O2S/c1-12-4-11-7(9(13)14)8(12)6-2-5(10)3-15-6/h2-4H,1H3,(H,13,14). The Kier molecular flexibility index (Phi) is 2.62. The zero-order valence-corrected chi connectivity index (χ0v) is 10.2. The van der Waals surface area contributed by atoms with Crippen LogP contribution in [-0.2, 0) is 7.05 Å². The van der Waals surface area contributed by atoms with E-state index in [0.29, 0.717) is 5.69 Å². The van der Waals surface area contributed by atoms with Gasteiger partial charge in [-0.3, -0.25) is 0 Å². The normalized spacial score (nSPS) is 10.5. The Morgan fingerprint density at radius 1 is 1.67 bits per heavy atom. The number of halogens is 1. The summed E-state index contributed by atoms with van der Waals surface area (Å²) in [5.41, 5.74) is 0.727. The maximum atomic E-state index is 10.9. The molecule has 1 N–H and O–H groups in total. The predicted molar refractivity (Wildman–Crippen MR) is 61.2 cm³/mol. The Balaban J connectivity index is 2.60. The molecule has 15 heavy (non-hydrogen) atoms. The second kappa shape index (κ2) is 3.79. The fourth-order valence-electron chi connectivity index (χ4n) is 1.31. The van der Waals surface area contributed by atoms with E-state index in [2.05, 4.69) is 20.9 Å². The van der Waals surface area contributed by atoms with Gasteiger partial charge in [-0.1, -0.05) is 0 Å². The summed E-state index contributed by atoms with van der Waals surface area (Å²) in [4.78, 5) is 15.7. The molecule has 78 valence electrons. The van der Waals surface area contributed by atoms with Crippen LogP contribution in [0.15, 0.2) is 22.2 Å². The fraction of sp³-hybridized carbons (Fsp3) is 0.111. The molecule has 0 radical (unpaired) electrons. The molecular formula is C9H7BrN2O2S. The molecule has 0 atom stereocenters. The third-order valence-electron chi connectivity index (χ3n) is 1.94. The molecule has 4 nitrogen and oxygen atoms in total. The number of carboxylic acid groups (broad SMARTS) is 1. The molecule has 6 heteroatoms. The number of imidazole rings is 1. The summed E-state index contributed by atoms with van der Waals surface area (Å²) in [7, 11) is 1.78. The third kappa shape index (κ3) is 1.82. The van der Waals surface area contributed by atoms with Gasteiger partial charge in [0.2, 0.25) is 0 Å². The molecule has 2 heterocycles. The van der Waals surface area contributed by atoms with Gasteiger partial charge in [0.05, 0.1) is 16.9 Å². The van der Waals surface area contributed by atoms with Gasteiger partial charge in [-0.05, 0) is 22.0 Å². The SMILES string of the molecule is Cn1cnc(C(=O)O)c1-c1cc(Br)cs1. The second-order valence-corrected chi connectivity index (χ2v) is 4.81. The molecular weight excluding hydrogens is 280 g/mol. The van der Waals surface area contributed by atoms with E-state index in [1.807, 2.05) is 11.4 Å². The monoisotopic (exact) mass is 286 g/mol. The molecule has 0 aliphatic carbocycles. The minimum atomic E-state index is -1.00. The number of hydrogen-bond acceptors (Lipinski definition) is 3. The number of hydrogen-bond donors (Lipinski definition) is 1. The molecule has 0 bridgehead atoms. The quantitative estimate of drug-likeness (QED) is 0.923. The topological polar surface area (TPSA) is 55.1 Å². The summed E-state index contributed by atoms with van der Waals surface area (Å²) in [5, 5.41) is 10.9. The van der Waals surface area contributed by atoms with Crippen molar-refractivity contribution in [2.24, 2.45) is 7.05 Å². The van der Waals surface area contributed by atoms with Crippen molar-refractivity contribution in [2.75, 3.05) is 0 Å². The molecule has 0 aromatic carbocycles. The van der Waals surface area contributed by atoms with E-state index in [9.17, 15) is 4.79 Å². The number of carboxylic acids is 1. The van der Waals surface area contributed by atoms with Gasteiger partial charge in [-0.25, -0.2) is 9.78 Å². The first-order valence-corrected chi connectivity index (χ1v) is 5.76. The van der Waals surface area contributed by atoms with Crippen LogP contribution in [0.4, 0.5) is 0 Å². The van der Waals surface area contributed by atoms with E-state index in [1.54, 1.807) is 11.6 Å². The van der Waals surface area contributed by atoms with Gasteiger partial charge in [-0.15, -0.1) is 11.3 Å². The summed E-state index contributed by atoms with van der Waals surface area (Å²) in [6.07, 6.45) is 1.51. The van der Waals surface area contributed by atoms with Gasteiger partial charge in [-0.2, -0.15) is 0 Å². The average molecular weight is 287 g/mol. The molecule has 0 fully saturated rings. The summed E-state index contributed by atoms with van der Waals surface area (Å²) in [5.74, 6) is -1.00. The lowest BCUT2D eigenvalue weighted by molar-refractivity contribution is 0.0692. The molecule has 2 rings (SSSR count). The Morgan fingerprint density at radius 2 is 2.40 bits per heavy atom. The highest BCUT2D eigenvalue weighted by Gasteiger charge is 2.18. The molecule has 2 aromatic rings. The van der Waals surface area contributed by atoms with Crippen molar-refractivity contribution in [3.8, 4) is 10.6 Å². The molecule has 0 aliphatic heterocycles. The summed E-state index contributed by atoms with van der Waals surface area (Å²) >= 11 is 4.82. The van der Waals surface area contributed by atoms with Crippen LogP contribution in [0.25, 0.3) is 10.6 Å². The Morgan fingerprint density at radius 3 is 2.93 bits per heavy atom. The minimum Gasteiger partial charge on any atom is -0.476 e. The first-order chi connectivity index (χ1) is 7.09. The van der Waals surface area contributed by atoms with Crippen LogP contribution in [-0.4, -0.2) is 20.6 Å². The lowest BCUT2D eigenvalue weighted by atomic mass is 10.3. The zero-order chi connectivity index (χ0) is 11.0. The van der Waals surface area contributed by atoms with Crippen molar-refractivity contribution in [1.82, 2.24) is 9.55 Å². The highest BCUT2D eigenvalue weighted by molar-refractivity contribution is 9.10. The molecule has 0 aliphatic rings. The minimum absolute atomic E-state index is 0.0897. The lowest BCUT2D eigenvalue weighted by Crippen LogP contribution is -2.00. The molecule has 2 aromatic heterocycles. The van der Waals surface area contributed by atoms with Gasteiger partial charge in [0.15, 0.2) is 5.69 Å². The molecule has 0 saturated heterocycles. The molecule has 0 unspecified atom stereocenters. The van der Waals surface area contributed by atoms with Gasteiger partial charge in [0.1, 0.15) is 0 Å². The van der Waals surface area contributed by atoms with Gasteiger partial charge in [0.25, 0.3) is 0 Å². The molecule has 0 saturated carbocycles. The number of thiophene rings is 1. The van der Waals surface area contributed by atoms with Gasteiger partial charge in [0, 0.05) is 16.9 Å². The van der Waals surface area contributed by atoms with Crippen LogP contribution in [0.5, 0.6) is 0 Å². The van der Waals surface area contributed by atoms with E-state index >= 15 is 0 Å². The van der Waals surface area contributed by atoms with Crippen molar-refractivity contribution < 1.29 is 9.90 Å². The lowest BCUT2D eigenvalue weighted by Gasteiger charge is -1.99. The van der Waals surface area contributed by atoms with E-state index in [4.69, 9.17) is 5.11 Å². The number of aryl methyl sites for hydroxylation is 1. The van der Waals surface area contributed by atoms with E-state index < -0.39 is 5.97 Å². The first kappa shape index (κ1) is 10.4. The van der Waals surface area contributed by atoms with Crippen molar-refractivity contribution in [3.63, 3.8) is 0 Å². The van der Waals surface area contributed by atoms with Crippen molar-refractivity contribution >= 4 is 33.2 Å². The number of rotatable bonds is 2. The van der Waals surface area contributed by atoms with Crippen LogP contribution in [0, 0.1) is 0 Å². The van der Waals surface area contributed by atoms with Crippen LogP contribution in [0.3, 0.4) is 0 Å². The molecule has 0 amide bonds. The number of carbonyl (C=O) groups is 1. The van der Waals surface area contributed by atoms with Crippen molar-refractivity contribution in [1.29, 1.82) is 0 Å². The third-order valence-corrected chi connectivity index (χ3v) is 3.64. The predicted octanol–water partition coefficient (Wildman–Crippen LogP) is 2.61. The van der Waals surface area contributed by atoms with Crippen LogP contribution >= 0.6 is 27.3 Å². The van der Waals surface area contributed by atoms with E-state index in [-0.39, 0.29) is 5.69 Å². The van der Waals surface area contributed by atoms with E-state index in [0.717, 1.165) is 9.35 Å². The smallest absolute Gasteiger partial charge is 0.356 e. The average Bonchev–Trinajstić information content (AvgIpc) is 2.71. The van der Waals surface area contributed by atoms with E-state index in [1.165, 1.54) is 17.7 Å². The Labute approximate surface area is 98.3 Å². The maximum absolute atomic E-state index is 10.9. The second-order valence-electron chi connectivity index (χ2n) is 2.99. The van der Waals surface area contributed by atoms with Gasteiger partial charge < -0.3 is 9.67 Å². The highest BCUT2D eigenvalue weighted by atomic mass is 79.9. The van der Waals surface area contributed by atoms with Gasteiger partial charge >= 0.3 is 5.97 Å². The molecule has 0 spiro atoms. The zero-order valence-electron chi connectivity index (χ0n) is 7.77. The highest BCUT2D eigenvalue weighted by Crippen LogP contribution is 2.31. The Bertz CT molecular complexity index is 518.